The van der Waals surface area contributed by atoms with E-state index >= 15 is 0 Å². The number of nitrogen functional groups attached to an aromatic ring is 1. The third-order valence-corrected chi connectivity index (χ3v) is 1.23. The molecule has 2 aromatic heterocycles. The first-order valence-corrected chi connectivity index (χ1v) is 3.24. The minimum atomic E-state index is 0.00690. The summed E-state index contributed by atoms with van der Waals surface area (Å²) >= 11 is 0. The Labute approximate surface area is 67.0 Å². The molecule has 0 spiro atoms. The molecule has 7 nitrogen and oxygen atoms in total. The molecule has 0 fully saturated rings. The third-order valence-electron chi connectivity index (χ3n) is 1.23. The lowest BCUT2D eigenvalue weighted by Gasteiger charge is -1.80. The van der Waals surface area contributed by atoms with Crippen molar-refractivity contribution in [2.75, 3.05) is 5.73 Å². The first-order chi connectivity index (χ1) is 5.75. The van der Waals surface area contributed by atoms with Crippen LogP contribution in [0.4, 0.5) is 6.01 Å². The van der Waals surface area contributed by atoms with Gasteiger partial charge in [0.15, 0.2) is 0 Å². The highest BCUT2D eigenvalue weighted by Crippen LogP contribution is 2.12. The highest BCUT2D eigenvalue weighted by molar-refractivity contribution is 5.39. The average Bonchev–Trinajstić information content (AvgIpc) is 2.58. The molecule has 0 aliphatic carbocycles. The zero-order chi connectivity index (χ0) is 8.55. The molecule has 62 valence electrons. The summed E-state index contributed by atoms with van der Waals surface area (Å²) in [6, 6.07) is 0.00690. The van der Waals surface area contributed by atoms with Gasteiger partial charge in [0.2, 0.25) is 5.82 Å². The van der Waals surface area contributed by atoms with Gasteiger partial charge in [-0.05, 0) is 6.92 Å². The number of hydrogen-bond donors (Lipinski definition) is 2. The van der Waals surface area contributed by atoms with E-state index in [1.54, 1.807) is 6.92 Å². The summed E-state index contributed by atoms with van der Waals surface area (Å²) in [6.45, 7) is 1.77. The van der Waals surface area contributed by atoms with Crippen molar-refractivity contribution < 1.29 is 4.42 Å². The van der Waals surface area contributed by atoms with E-state index in [1.807, 2.05) is 0 Å². The van der Waals surface area contributed by atoms with Gasteiger partial charge in [0.1, 0.15) is 5.82 Å². The normalized spacial score (nSPS) is 10.4. The summed E-state index contributed by atoms with van der Waals surface area (Å²) in [5.74, 6) is 1.26. The van der Waals surface area contributed by atoms with Crippen LogP contribution in [0.3, 0.4) is 0 Å². The SMILES string of the molecule is Cc1nc(-c2nnc(N)o2)n[nH]1. The molecule has 2 aromatic rings. The van der Waals surface area contributed by atoms with Gasteiger partial charge in [-0.15, -0.1) is 10.2 Å². The fourth-order valence-corrected chi connectivity index (χ4v) is 0.763. The van der Waals surface area contributed by atoms with Crippen molar-refractivity contribution in [2.24, 2.45) is 0 Å². The smallest absolute Gasteiger partial charge is 0.313 e. The minimum absolute atomic E-state index is 0.00690. The highest BCUT2D eigenvalue weighted by atomic mass is 16.4. The molecule has 0 saturated carbocycles. The van der Waals surface area contributed by atoms with Crippen LogP contribution < -0.4 is 5.73 Å². The van der Waals surface area contributed by atoms with E-state index in [1.165, 1.54) is 0 Å². The van der Waals surface area contributed by atoms with E-state index in [4.69, 9.17) is 10.2 Å². The van der Waals surface area contributed by atoms with Crippen molar-refractivity contribution in [2.45, 2.75) is 6.92 Å². The second-order valence-corrected chi connectivity index (χ2v) is 2.19. The van der Waals surface area contributed by atoms with Crippen molar-refractivity contribution in [3.63, 3.8) is 0 Å². The van der Waals surface area contributed by atoms with Gasteiger partial charge < -0.3 is 10.2 Å². The van der Waals surface area contributed by atoms with E-state index in [9.17, 15) is 0 Å². The Morgan fingerprint density at radius 1 is 1.42 bits per heavy atom. The Morgan fingerprint density at radius 2 is 2.25 bits per heavy atom. The van der Waals surface area contributed by atoms with Gasteiger partial charge in [-0.25, -0.2) is 4.98 Å². The van der Waals surface area contributed by atoms with Crippen molar-refractivity contribution in [1.82, 2.24) is 25.4 Å². The highest BCUT2D eigenvalue weighted by Gasteiger charge is 2.10. The molecule has 0 radical (unpaired) electrons. The maximum Gasteiger partial charge on any atom is 0.313 e. The van der Waals surface area contributed by atoms with E-state index in [0.717, 1.165) is 0 Å². The average molecular weight is 166 g/mol. The van der Waals surface area contributed by atoms with Crippen LogP contribution in [0, 0.1) is 6.92 Å². The second-order valence-electron chi connectivity index (χ2n) is 2.19. The lowest BCUT2D eigenvalue weighted by atomic mass is 10.6. The van der Waals surface area contributed by atoms with E-state index < -0.39 is 0 Å². The quantitative estimate of drug-likeness (QED) is 0.604. The van der Waals surface area contributed by atoms with Crippen LogP contribution in [0.25, 0.3) is 11.7 Å². The molecule has 0 aliphatic heterocycles. The van der Waals surface area contributed by atoms with Gasteiger partial charge >= 0.3 is 6.01 Å². The number of aromatic nitrogens is 5. The van der Waals surface area contributed by atoms with Gasteiger partial charge in [-0.3, -0.25) is 5.10 Å². The first kappa shape index (κ1) is 6.77. The fourth-order valence-electron chi connectivity index (χ4n) is 0.763. The Kier molecular flexibility index (Phi) is 1.29. The number of rotatable bonds is 1. The van der Waals surface area contributed by atoms with Gasteiger partial charge in [-0.2, -0.15) is 0 Å². The third kappa shape index (κ3) is 1.00. The van der Waals surface area contributed by atoms with Crippen molar-refractivity contribution >= 4 is 6.01 Å². The van der Waals surface area contributed by atoms with E-state index in [0.29, 0.717) is 11.6 Å². The lowest BCUT2D eigenvalue weighted by molar-refractivity contribution is 0.585. The topological polar surface area (TPSA) is 107 Å². The maximum absolute atomic E-state index is 5.22. The Balaban J connectivity index is 2.43. The summed E-state index contributed by atoms with van der Waals surface area (Å²) < 4.78 is 4.89. The second kappa shape index (κ2) is 2.29. The molecule has 2 heterocycles. The molecule has 2 rings (SSSR count). The number of nitrogens with two attached hydrogens (primary N) is 1. The number of nitrogens with zero attached hydrogens (tertiary/aromatic N) is 4. The molecule has 0 atom stereocenters. The summed E-state index contributed by atoms with van der Waals surface area (Å²) in [7, 11) is 0. The number of H-pyrrole nitrogens is 1. The molecule has 0 bridgehead atoms. The molecule has 0 unspecified atom stereocenters. The molecule has 0 saturated heterocycles. The van der Waals surface area contributed by atoms with Crippen LogP contribution in [0.5, 0.6) is 0 Å². The standard InChI is InChI=1S/C5H6N6O/c1-2-7-3(9-8-2)4-10-11-5(6)12-4/h1H3,(H2,6,11)(H,7,8,9). The van der Waals surface area contributed by atoms with Crippen LogP contribution in [-0.2, 0) is 0 Å². The summed E-state index contributed by atoms with van der Waals surface area (Å²) in [5, 5.41) is 13.5. The predicted molar refractivity (Wildman–Crippen MR) is 38.8 cm³/mol. The van der Waals surface area contributed by atoms with Crippen molar-refractivity contribution in [1.29, 1.82) is 0 Å². The predicted octanol–water partition coefficient (Wildman–Crippen LogP) is -0.255. The number of nitrogens with one attached hydrogen (secondary N) is 1. The number of aryl methyl sites for hydroxylation is 1. The number of aromatic amines is 1. The van der Waals surface area contributed by atoms with Crippen LogP contribution >= 0.6 is 0 Å². The molecule has 7 heteroatoms. The van der Waals surface area contributed by atoms with Gasteiger partial charge in [0.05, 0.1) is 0 Å². The zero-order valence-corrected chi connectivity index (χ0v) is 6.27. The molecule has 0 aromatic carbocycles. The molecular formula is C5H6N6O. The van der Waals surface area contributed by atoms with Gasteiger partial charge in [-0.1, -0.05) is 5.10 Å². The number of hydrogen-bond acceptors (Lipinski definition) is 6. The monoisotopic (exact) mass is 166 g/mol. The Bertz CT molecular complexity index is 352. The van der Waals surface area contributed by atoms with Crippen molar-refractivity contribution in [3.8, 4) is 11.7 Å². The minimum Gasteiger partial charge on any atom is -0.400 e. The van der Waals surface area contributed by atoms with Crippen LogP contribution in [-0.4, -0.2) is 25.4 Å². The molecule has 0 aliphatic rings. The molecule has 3 N–H and O–H groups in total. The Hall–Kier alpha value is -1.92. The van der Waals surface area contributed by atoms with Gasteiger partial charge in [0, 0.05) is 0 Å². The first-order valence-electron chi connectivity index (χ1n) is 3.24. The van der Waals surface area contributed by atoms with Crippen LogP contribution in [0.15, 0.2) is 4.42 Å². The van der Waals surface area contributed by atoms with Crippen LogP contribution in [0.2, 0.25) is 0 Å². The fraction of sp³-hybridized carbons (Fsp3) is 0.200. The van der Waals surface area contributed by atoms with Gasteiger partial charge in [0.25, 0.3) is 5.89 Å². The zero-order valence-electron chi connectivity index (χ0n) is 6.27. The molecule has 0 amide bonds. The summed E-state index contributed by atoms with van der Waals surface area (Å²) in [4.78, 5) is 3.98. The largest absolute Gasteiger partial charge is 0.400 e. The summed E-state index contributed by atoms with van der Waals surface area (Å²) in [6.07, 6.45) is 0. The number of anilines is 1. The van der Waals surface area contributed by atoms with Crippen LogP contribution in [0.1, 0.15) is 5.82 Å². The maximum atomic E-state index is 5.22. The van der Waals surface area contributed by atoms with Crippen molar-refractivity contribution in [3.05, 3.63) is 5.82 Å². The Morgan fingerprint density at radius 3 is 2.75 bits per heavy atom. The van der Waals surface area contributed by atoms with E-state index in [2.05, 4.69) is 25.4 Å². The summed E-state index contributed by atoms with van der Waals surface area (Å²) in [5.41, 5.74) is 5.22. The van der Waals surface area contributed by atoms with E-state index in [-0.39, 0.29) is 11.9 Å². The lowest BCUT2D eigenvalue weighted by Crippen LogP contribution is -1.81. The molecular weight excluding hydrogens is 160 g/mol. The molecule has 12 heavy (non-hydrogen) atoms.